The van der Waals surface area contributed by atoms with E-state index in [4.69, 9.17) is 9.97 Å². The van der Waals surface area contributed by atoms with Crippen molar-refractivity contribution in [1.82, 2.24) is 9.97 Å². The molecule has 9 aromatic rings. The number of fused-ring (bicyclic) bond motifs is 9. The smallest absolute Gasteiger partial charge is 0.0972 e. The van der Waals surface area contributed by atoms with Gasteiger partial charge >= 0.3 is 0 Å². The maximum Gasteiger partial charge on any atom is 0.0972 e. The number of rotatable bonds is 2. The minimum absolute atomic E-state index is 0.941. The van der Waals surface area contributed by atoms with E-state index in [1.54, 1.807) is 0 Å². The molecule has 0 atom stereocenters. The summed E-state index contributed by atoms with van der Waals surface area (Å²) in [6.07, 6.45) is 0. The SMILES string of the molecule is c1ccc2c(c1)sc1cc(-c3ccc4ccc5ccc(-c6ccc7c(c6)sc6ccccc67)nc5c4n3)ccc12. The lowest BCUT2D eigenvalue weighted by atomic mass is 10.0. The fraction of sp³-hybridized carbons (Fsp3) is 0. The van der Waals surface area contributed by atoms with Crippen molar-refractivity contribution in [3.05, 3.63) is 121 Å². The molecule has 4 heterocycles. The van der Waals surface area contributed by atoms with E-state index in [1.807, 2.05) is 22.7 Å². The number of benzene rings is 5. The van der Waals surface area contributed by atoms with E-state index in [1.165, 1.54) is 40.3 Å². The van der Waals surface area contributed by atoms with Gasteiger partial charge in [0, 0.05) is 62.2 Å². The lowest BCUT2D eigenvalue weighted by Crippen LogP contribution is -1.91. The number of nitrogens with zero attached hydrogens (tertiary/aromatic N) is 2. The van der Waals surface area contributed by atoms with Gasteiger partial charge in [-0.25, -0.2) is 9.97 Å². The number of pyridine rings is 2. The van der Waals surface area contributed by atoms with Gasteiger partial charge in [-0.2, -0.15) is 0 Å². The summed E-state index contributed by atoms with van der Waals surface area (Å²) in [6.45, 7) is 0. The number of aromatic nitrogens is 2. The van der Waals surface area contributed by atoms with Crippen LogP contribution in [0.5, 0.6) is 0 Å². The third kappa shape index (κ3) is 3.33. The number of hydrogen-bond acceptors (Lipinski definition) is 4. The Kier molecular flexibility index (Phi) is 4.68. The Morgan fingerprint density at radius 1 is 0.375 bits per heavy atom. The van der Waals surface area contributed by atoms with Crippen LogP contribution >= 0.6 is 22.7 Å². The summed E-state index contributed by atoms with van der Waals surface area (Å²) in [5, 5.41) is 7.44. The lowest BCUT2D eigenvalue weighted by molar-refractivity contribution is 1.37. The van der Waals surface area contributed by atoms with Crippen molar-refractivity contribution in [2.45, 2.75) is 0 Å². The van der Waals surface area contributed by atoms with E-state index in [9.17, 15) is 0 Å². The molecule has 0 spiro atoms. The molecule has 0 amide bonds. The highest BCUT2D eigenvalue weighted by atomic mass is 32.1. The highest BCUT2D eigenvalue weighted by Gasteiger charge is 2.12. The van der Waals surface area contributed by atoms with Gasteiger partial charge in [0.25, 0.3) is 0 Å². The normalized spacial score (nSPS) is 12.0. The molecule has 0 radical (unpaired) electrons. The molecule has 0 bridgehead atoms. The number of hydrogen-bond donors (Lipinski definition) is 0. The molecule has 9 rings (SSSR count). The highest BCUT2D eigenvalue weighted by molar-refractivity contribution is 7.26. The first-order chi connectivity index (χ1) is 19.8. The van der Waals surface area contributed by atoms with Gasteiger partial charge in [0.1, 0.15) is 0 Å². The molecule has 0 saturated carbocycles. The van der Waals surface area contributed by atoms with E-state index in [-0.39, 0.29) is 0 Å². The van der Waals surface area contributed by atoms with Gasteiger partial charge in [-0.1, -0.05) is 84.9 Å². The zero-order chi connectivity index (χ0) is 26.2. The maximum absolute atomic E-state index is 5.19. The maximum atomic E-state index is 5.19. The van der Waals surface area contributed by atoms with E-state index in [2.05, 4.69) is 121 Å². The first kappa shape index (κ1) is 22.2. The lowest BCUT2D eigenvalue weighted by Gasteiger charge is -2.08. The highest BCUT2D eigenvalue weighted by Crippen LogP contribution is 2.38. The minimum Gasteiger partial charge on any atom is -0.245 e. The van der Waals surface area contributed by atoms with Crippen LogP contribution in [0.15, 0.2) is 121 Å². The van der Waals surface area contributed by atoms with Gasteiger partial charge in [-0.3, -0.25) is 0 Å². The van der Waals surface area contributed by atoms with Crippen LogP contribution in [-0.4, -0.2) is 9.97 Å². The summed E-state index contributed by atoms with van der Waals surface area (Å²) in [7, 11) is 0. The van der Waals surface area contributed by atoms with Crippen LogP contribution in [0.1, 0.15) is 0 Å². The largest absolute Gasteiger partial charge is 0.245 e. The van der Waals surface area contributed by atoms with Gasteiger partial charge in [0.05, 0.1) is 22.4 Å². The Morgan fingerprint density at radius 3 is 1.30 bits per heavy atom. The predicted octanol–water partition coefficient (Wildman–Crippen LogP) is 10.9. The second-order valence-corrected chi connectivity index (χ2v) is 12.4. The molecular weight excluding hydrogens is 525 g/mol. The molecule has 0 unspecified atom stereocenters. The minimum atomic E-state index is 0.941. The Bertz CT molecular complexity index is 2280. The van der Waals surface area contributed by atoms with Crippen LogP contribution in [0.25, 0.3) is 84.7 Å². The monoisotopic (exact) mass is 544 g/mol. The molecule has 40 heavy (non-hydrogen) atoms. The van der Waals surface area contributed by atoms with Crippen molar-refractivity contribution in [3.8, 4) is 22.5 Å². The summed E-state index contributed by atoms with van der Waals surface area (Å²) in [4.78, 5) is 10.4. The van der Waals surface area contributed by atoms with Gasteiger partial charge in [-0.05, 0) is 36.4 Å². The average molecular weight is 545 g/mol. The van der Waals surface area contributed by atoms with E-state index >= 15 is 0 Å². The van der Waals surface area contributed by atoms with E-state index in [0.717, 1.165) is 44.3 Å². The first-order valence-electron chi connectivity index (χ1n) is 13.3. The van der Waals surface area contributed by atoms with Crippen LogP contribution in [0.4, 0.5) is 0 Å². The average Bonchev–Trinajstić information content (AvgIpc) is 3.58. The van der Waals surface area contributed by atoms with Crippen LogP contribution < -0.4 is 0 Å². The Balaban J connectivity index is 1.20. The van der Waals surface area contributed by atoms with Crippen molar-refractivity contribution >= 4 is 84.8 Å². The third-order valence-electron chi connectivity index (χ3n) is 7.87. The molecular formula is C36H20N2S2. The van der Waals surface area contributed by atoms with Gasteiger partial charge in [-0.15, -0.1) is 22.7 Å². The molecule has 0 aliphatic heterocycles. The first-order valence-corrected chi connectivity index (χ1v) is 15.0. The predicted molar refractivity (Wildman–Crippen MR) is 174 cm³/mol. The second kappa shape index (κ2) is 8.43. The molecule has 0 aliphatic rings. The molecule has 5 aromatic carbocycles. The van der Waals surface area contributed by atoms with Gasteiger partial charge in [0.2, 0.25) is 0 Å². The molecule has 0 N–H and O–H groups in total. The molecule has 4 heteroatoms. The van der Waals surface area contributed by atoms with Gasteiger partial charge in [0.15, 0.2) is 0 Å². The van der Waals surface area contributed by atoms with Crippen molar-refractivity contribution in [1.29, 1.82) is 0 Å². The molecule has 0 saturated heterocycles. The zero-order valence-corrected chi connectivity index (χ0v) is 22.9. The molecule has 186 valence electrons. The van der Waals surface area contributed by atoms with Crippen LogP contribution in [0.3, 0.4) is 0 Å². The summed E-state index contributed by atoms with van der Waals surface area (Å²) in [5.74, 6) is 0. The van der Waals surface area contributed by atoms with Crippen molar-refractivity contribution in [2.24, 2.45) is 0 Å². The van der Waals surface area contributed by atoms with Crippen LogP contribution in [-0.2, 0) is 0 Å². The van der Waals surface area contributed by atoms with Gasteiger partial charge < -0.3 is 0 Å². The second-order valence-electron chi connectivity index (χ2n) is 10.2. The van der Waals surface area contributed by atoms with Crippen LogP contribution in [0.2, 0.25) is 0 Å². The Morgan fingerprint density at radius 2 is 0.800 bits per heavy atom. The van der Waals surface area contributed by atoms with Crippen LogP contribution in [0, 0.1) is 0 Å². The molecule has 4 aromatic heterocycles. The third-order valence-corrected chi connectivity index (χ3v) is 10.1. The standard InChI is InChI=1S/C36H20N2S2/c1-3-7-31-25(5-1)27-15-11-23(19-33(27)39-31)29-17-13-21-9-10-22-14-18-30(38-36(22)35(21)37-29)24-12-16-28-26-6-2-4-8-32(26)40-34(28)20-24/h1-20H. The van der Waals surface area contributed by atoms with E-state index in [0.29, 0.717) is 0 Å². The quantitative estimate of drug-likeness (QED) is 0.202. The zero-order valence-electron chi connectivity index (χ0n) is 21.3. The van der Waals surface area contributed by atoms with Crippen molar-refractivity contribution < 1.29 is 0 Å². The van der Waals surface area contributed by atoms with E-state index < -0.39 is 0 Å². The Labute approximate surface area is 237 Å². The summed E-state index contributed by atoms with van der Waals surface area (Å²) in [6, 6.07) is 43.5. The summed E-state index contributed by atoms with van der Waals surface area (Å²) >= 11 is 3.68. The number of thiophene rings is 2. The summed E-state index contributed by atoms with van der Waals surface area (Å²) < 4.78 is 5.21. The topological polar surface area (TPSA) is 25.8 Å². The molecule has 0 aliphatic carbocycles. The fourth-order valence-electron chi connectivity index (χ4n) is 5.86. The van der Waals surface area contributed by atoms with Crippen molar-refractivity contribution in [2.75, 3.05) is 0 Å². The van der Waals surface area contributed by atoms with Crippen molar-refractivity contribution in [3.63, 3.8) is 0 Å². The molecule has 0 fully saturated rings. The fourth-order valence-corrected chi connectivity index (χ4v) is 8.15. The molecule has 2 nitrogen and oxygen atoms in total. The summed E-state index contributed by atoms with van der Waals surface area (Å²) in [5.41, 5.74) is 6.08. The Hall–Kier alpha value is -4.64.